The molecule has 1 aromatic carbocycles. The first-order valence-electron chi connectivity index (χ1n) is 5.78. The van der Waals surface area contributed by atoms with Gasteiger partial charge in [-0.3, -0.25) is 4.79 Å². The van der Waals surface area contributed by atoms with Crippen molar-refractivity contribution in [2.75, 3.05) is 0 Å². The Kier molecular flexibility index (Phi) is 3.62. The average molecular weight is 317 g/mol. The zero-order chi connectivity index (χ0) is 11.2. The highest BCUT2D eigenvalue weighted by molar-refractivity contribution is 9.10. The zero-order valence-corrected chi connectivity index (χ0v) is 11.8. The maximum absolute atomic E-state index is 12.5. The van der Waals surface area contributed by atoms with Gasteiger partial charge < -0.3 is 5.32 Å². The van der Waals surface area contributed by atoms with E-state index in [0.717, 1.165) is 35.7 Å². The van der Waals surface area contributed by atoms with Gasteiger partial charge in [-0.15, -0.1) is 12.4 Å². The fourth-order valence-corrected chi connectivity index (χ4v) is 3.39. The smallest absolute Gasteiger partial charge is 0.182 e. The molecule has 4 heteroatoms. The summed E-state index contributed by atoms with van der Waals surface area (Å²) in [5, 5.41) is 3.49. The number of hydrogen-bond donors (Lipinski definition) is 1. The third kappa shape index (κ3) is 2.16. The van der Waals surface area contributed by atoms with Crippen molar-refractivity contribution in [2.24, 2.45) is 0 Å². The lowest BCUT2D eigenvalue weighted by Gasteiger charge is -2.24. The summed E-state index contributed by atoms with van der Waals surface area (Å²) in [4.78, 5) is 12.5. The number of rotatable bonds is 2. The second-order valence-corrected chi connectivity index (χ2v) is 5.76. The Balaban J connectivity index is 0.00000108. The lowest BCUT2D eigenvalue weighted by Crippen LogP contribution is -2.44. The van der Waals surface area contributed by atoms with E-state index in [1.807, 2.05) is 24.3 Å². The first kappa shape index (κ1) is 13.1. The van der Waals surface area contributed by atoms with Gasteiger partial charge in [-0.05, 0) is 37.8 Å². The van der Waals surface area contributed by atoms with Gasteiger partial charge in [-0.1, -0.05) is 28.1 Å². The molecule has 2 aliphatic heterocycles. The fourth-order valence-electron chi connectivity index (χ4n) is 2.99. The van der Waals surface area contributed by atoms with E-state index in [-0.39, 0.29) is 23.7 Å². The van der Waals surface area contributed by atoms with E-state index >= 15 is 0 Å². The molecule has 0 amide bonds. The Morgan fingerprint density at radius 2 is 2.06 bits per heavy atom. The molecule has 17 heavy (non-hydrogen) atoms. The quantitative estimate of drug-likeness (QED) is 0.848. The van der Waals surface area contributed by atoms with Crippen molar-refractivity contribution >= 4 is 34.1 Å². The highest BCUT2D eigenvalue weighted by Gasteiger charge is 2.49. The zero-order valence-electron chi connectivity index (χ0n) is 9.41. The van der Waals surface area contributed by atoms with E-state index in [1.165, 1.54) is 0 Å². The van der Waals surface area contributed by atoms with Crippen LogP contribution in [0.4, 0.5) is 0 Å². The highest BCUT2D eigenvalue weighted by atomic mass is 79.9. The number of ketones is 1. The van der Waals surface area contributed by atoms with E-state index in [0.29, 0.717) is 6.04 Å². The molecule has 3 rings (SSSR count). The molecule has 0 saturated carbocycles. The van der Waals surface area contributed by atoms with Gasteiger partial charge in [0.05, 0.1) is 5.54 Å². The molecule has 2 nitrogen and oxygen atoms in total. The van der Waals surface area contributed by atoms with Crippen LogP contribution in [0, 0.1) is 0 Å². The van der Waals surface area contributed by atoms with Crippen molar-refractivity contribution in [3.05, 3.63) is 34.3 Å². The van der Waals surface area contributed by atoms with Crippen LogP contribution < -0.4 is 5.32 Å². The first-order valence-corrected chi connectivity index (χ1v) is 6.57. The Morgan fingerprint density at radius 3 is 2.59 bits per heavy atom. The molecule has 1 aromatic rings. The van der Waals surface area contributed by atoms with Crippen LogP contribution in [0.25, 0.3) is 0 Å². The molecular weight excluding hydrogens is 302 g/mol. The van der Waals surface area contributed by atoms with Crippen LogP contribution >= 0.6 is 28.3 Å². The predicted molar refractivity (Wildman–Crippen MR) is 73.8 cm³/mol. The van der Waals surface area contributed by atoms with Gasteiger partial charge in [0, 0.05) is 16.1 Å². The maximum Gasteiger partial charge on any atom is 0.182 e. The van der Waals surface area contributed by atoms with E-state index in [1.54, 1.807) is 0 Å². The Bertz CT molecular complexity index is 441. The molecule has 0 atom stereocenters. The molecule has 0 radical (unpaired) electrons. The van der Waals surface area contributed by atoms with Crippen molar-refractivity contribution in [3.8, 4) is 0 Å². The number of Topliss-reactive ketones (excluding diaryl/α,β-unsaturated/α-hetero) is 1. The van der Waals surface area contributed by atoms with Gasteiger partial charge in [0.15, 0.2) is 5.78 Å². The topological polar surface area (TPSA) is 29.1 Å². The van der Waals surface area contributed by atoms with Gasteiger partial charge in [-0.2, -0.15) is 0 Å². The summed E-state index contributed by atoms with van der Waals surface area (Å²) in [6.07, 6.45) is 4.31. The summed E-state index contributed by atoms with van der Waals surface area (Å²) in [6, 6.07) is 8.29. The lowest BCUT2D eigenvalue weighted by atomic mass is 9.82. The largest absolute Gasteiger partial charge is 0.302 e. The van der Waals surface area contributed by atoms with Crippen molar-refractivity contribution in [3.63, 3.8) is 0 Å². The molecule has 0 aromatic heterocycles. The second kappa shape index (κ2) is 4.71. The molecule has 2 bridgehead atoms. The summed E-state index contributed by atoms with van der Waals surface area (Å²) in [6.45, 7) is 0. The minimum Gasteiger partial charge on any atom is -0.302 e. The number of hydrogen-bond acceptors (Lipinski definition) is 2. The number of carbonyl (C=O) groups excluding carboxylic acids is 1. The predicted octanol–water partition coefficient (Wildman–Crippen LogP) is 3.34. The standard InChI is InChI=1S/C13H14BrNO.ClH/c14-10-3-1-2-9(8-10)12(16)13-6-4-11(15-13)5-7-13;/h1-3,8,11,15H,4-7H2;1H. The molecule has 0 spiro atoms. The molecule has 0 unspecified atom stereocenters. The monoisotopic (exact) mass is 315 g/mol. The Morgan fingerprint density at radius 1 is 1.35 bits per heavy atom. The summed E-state index contributed by atoms with van der Waals surface area (Å²) in [7, 11) is 0. The number of nitrogens with one attached hydrogen (secondary N) is 1. The Hall–Kier alpha value is -0.380. The van der Waals surface area contributed by atoms with Crippen LogP contribution in [0.1, 0.15) is 36.0 Å². The normalized spacial score (nSPS) is 30.1. The van der Waals surface area contributed by atoms with E-state index < -0.39 is 0 Å². The van der Waals surface area contributed by atoms with Crippen molar-refractivity contribution in [1.82, 2.24) is 5.32 Å². The lowest BCUT2D eigenvalue weighted by molar-refractivity contribution is 0.0874. The van der Waals surface area contributed by atoms with Crippen LogP contribution in [-0.2, 0) is 0 Å². The van der Waals surface area contributed by atoms with Crippen LogP contribution in [0.3, 0.4) is 0 Å². The summed E-state index contributed by atoms with van der Waals surface area (Å²) in [5.41, 5.74) is 0.579. The summed E-state index contributed by atoms with van der Waals surface area (Å²) < 4.78 is 0.974. The molecule has 2 fully saturated rings. The van der Waals surface area contributed by atoms with Crippen LogP contribution in [0.5, 0.6) is 0 Å². The van der Waals surface area contributed by atoms with E-state index in [4.69, 9.17) is 0 Å². The van der Waals surface area contributed by atoms with Crippen molar-refractivity contribution in [1.29, 1.82) is 0 Å². The number of halogens is 2. The number of carbonyl (C=O) groups is 1. The van der Waals surface area contributed by atoms with Crippen LogP contribution in [-0.4, -0.2) is 17.4 Å². The fraction of sp³-hybridized carbons (Fsp3) is 0.462. The van der Waals surface area contributed by atoms with E-state index in [9.17, 15) is 4.79 Å². The molecule has 2 heterocycles. The van der Waals surface area contributed by atoms with Gasteiger partial charge in [0.1, 0.15) is 0 Å². The van der Waals surface area contributed by atoms with Gasteiger partial charge in [-0.25, -0.2) is 0 Å². The third-order valence-electron chi connectivity index (χ3n) is 3.84. The first-order chi connectivity index (χ1) is 7.70. The second-order valence-electron chi connectivity index (χ2n) is 4.84. The van der Waals surface area contributed by atoms with Crippen LogP contribution in [0.2, 0.25) is 0 Å². The number of fused-ring (bicyclic) bond motifs is 2. The van der Waals surface area contributed by atoms with Crippen molar-refractivity contribution < 1.29 is 4.79 Å². The SMILES string of the molecule is Cl.O=C(c1cccc(Br)c1)C12CCC(CC1)N2. The molecule has 2 saturated heterocycles. The molecule has 0 aliphatic carbocycles. The molecular formula is C13H15BrClNO. The summed E-state index contributed by atoms with van der Waals surface area (Å²) >= 11 is 3.42. The van der Waals surface area contributed by atoms with Gasteiger partial charge >= 0.3 is 0 Å². The maximum atomic E-state index is 12.5. The Labute approximate surface area is 116 Å². The minimum atomic E-state index is -0.245. The number of benzene rings is 1. The minimum absolute atomic E-state index is 0. The van der Waals surface area contributed by atoms with E-state index in [2.05, 4.69) is 21.2 Å². The highest BCUT2D eigenvalue weighted by Crippen LogP contribution is 2.39. The average Bonchev–Trinajstić information content (AvgIpc) is 2.89. The van der Waals surface area contributed by atoms with Crippen molar-refractivity contribution in [2.45, 2.75) is 37.3 Å². The van der Waals surface area contributed by atoms with Gasteiger partial charge in [0.2, 0.25) is 0 Å². The molecule has 2 aliphatic rings. The third-order valence-corrected chi connectivity index (χ3v) is 4.33. The molecule has 1 N–H and O–H groups in total. The summed E-state index contributed by atoms with van der Waals surface area (Å²) in [5.74, 6) is 0.272. The van der Waals surface area contributed by atoms with Crippen LogP contribution in [0.15, 0.2) is 28.7 Å². The van der Waals surface area contributed by atoms with Gasteiger partial charge in [0.25, 0.3) is 0 Å². The molecule has 92 valence electrons.